The lowest BCUT2D eigenvalue weighted by atomic mass is 10.2. The second-order valence-electron chi connectivity index (χ2n) is 5.56. The van der Waals surface area contributed by atoms with Crippen LogP contribution in [0.15, 0.2) is 44.7 Å². The Labute approximate surface area is 168 Å². The van der Waals surface area contributed by atoms with E-state index in [1.165, 1.54) is 16.4 Å². The Morgan fingerprint density at radius 1 is 1.14 bits per heavy atom. The van der Waals surface area contributed by atoms with E-state index in [2.05, 4.69) is 20.3 Å². The van der Waals surface area contributed by atoms with Crippen molar-refractivity contribution in [3.8, 4) is 34.3 Å². The molecule has 0 fully saturated rings. The van der Waals surface area contributed by atoms with Crippen LogP contribution in [0.3, 0.4) is 0 Å². The summed E-state index contributed by atoms with van der Waals surface area (Å²) in [5, 5.41) is 16.8. The van der Waals surface area contributed by atoms with Gasteiger partial charge in [-0.25, -0.2) is 4.68 Å². The normalized spacial score (nSPS) is 10.9. The van der Waals surface area contributed by atoms with Gasteiger partial charge < -0.3 is 19.8 Å². The standard InChI is InChI=1S/C17H16N6O3S2/c1-24-12-4-3-10(7-13(12)25-2)16-20-21-17(23(16)18)28-9-14-19-15(22-26-14)11-5-6-27-8-11/h3-8H,9,18H2,1-2H3. The van der Waals surface area contributed by atoms with Crippen molar-refractivity contribution in [3.05, 3.63) is 40.9 Å². The molecule has 0 atom stereocenters. The maximum Gasteiger partial charge on any atom is 0.237 e. The lowest BCUT2D eigenvalue weighted by Gasteiger charge is -2.09. The molecule has 0 unspecified atom stereocenters. The first-order chi connectivity index (χ1) is 13.7. The number of nitrogens with zero attached hydrogens (tertiary/aromatic N) is 5. The van der Waals surface area contributed by atoms with E-state index in [1.807, 2.05) is 22.9 Å². The van der Waals surface area contributed by atoms with E-state index in [4.69, 9.17) is 19.8 Å². The molecule has 3 aromatic heterocycles. The average Bonchev–Trinajstić information content (AvgIpc) is 3.47. The topological polar surface area (TPSA) is 114 Å². The fourth-order valence-corrected chi connectivity index (χ4v) is 3.82. The van der Waals surface area contributed by atoms with Crippen molar-refractivity contribution < 1.29 is 14.0 Å². The minimum absolute atomic E-state index is 0.429. The zero-order valence-electron chi connectivity index (χ0n) is 15.0. The molecule has 11 heteroatoms. The highest BCUT2D eigenvalue weighted by Crippen LogP contribution is 2.32. The molecule has 28 heavy (non-hydrogen) atoms. The van der Waals surface area contributed by atoms with Gasteiger partial charge in [0, 0.05) is 16.5 Å². The van der Waals surface area contributed by atoms with Crippen molar-refractivity contribution in [2.24, 2.45) is 0 Å². The molecular formula is C17H16N6O3S2. The van der Waals surface area contributed by atoms with Gasteiger partial charge in [-0.2, -0.15) is 16.3 Å². The summed E-state index contributed by atoms with van der Waals surface area (Å²) in [5.41, 5.74) is 1.69. The molecule has 3 heterocycles. The number of thiophene rings is 1. The third-order valence-electron chi connectivity index (χ3n) is 3.88. The Kier molecular flexibility index (Phi) is 5.17. The summed E-state index contributed by atoms with van der Waals surface area (Å²) < 4.78 is 17.3. The Bertz CT molecular complexity index is 1080. The summed E-state index contributed by atoms with van der Waals surface area (Å²) in [6, 6.07) is 7.37. The summed E-state index contributed by atoms with van der Waals surface area (Å²) in [6.45, 7) is 0. The van der Waals surface area contributed by atoms with Gasteiger partial charge in [-0.3, -0.25) is 0 Å². The first-order valence-electron chi connectivity index (χ1n) is 8.10. The molecule has 4 rings (SSSR count). The summed E-state index contributed by atoms with van der Waals surface area (Å²) in [5.74, 6) is 9.38. The average molecular weight is 416 g/mol. The minimum atomic E-state index is 0.429. The number of hydrogen-bond donors (Lipinski definition) is 1. The van der Waals surface area contributed by atoms with E-state index in [-0.39, 0.29) is 0 Å². The van der Waals surface area contributed by atoms with Gasteiger partial charge in [0.05, 0.1) is 20.0 Å². The van der Waals surface area contributed by atoms with Crippen molar-refractivity contribution in [1.82, 2.24) is 25.0 Å². The smallest absolute Gasteiger partial charge is 0.237 e. The van der Waals surface area contributed by atoms with Crippen LogP contribution in [-0.4, -0.2) is 39.2 Å². The number of methoxy groups -OCH3 is 2. The fraction of sp³-hybridized carbons (Fsp3) is 0.176. The molecule has 0 saturated heterocycles. The monoisotopic (exact) mass is 416 g/mol. The Hall–Kier alpha value is -3.05. The summed E-state index contributed by atoms with van der Waals surface area (Å²) in [4.78, 5) is 4.38. The predicted octanol–water partition coefficient (Wildman–Crippen LogP) is 3.08. The van der Waals surface area contributed by atoms with Crippen molar-refractivity contribution in [1.29, 1.82) is 0 Å². The molecular weight excluding hydrogens is 400 g/mol. The first kappa shape index (κ1) is 18.3. The van der Waals surface area contributed by atoms with Crippen molar-refractivity contribution in [2.45, 2.75) is 10.9 Å². The van der Waals surface area contributed by atoms with E-state index >= 15 is 0 Å². The summed E-state index contributed by atoms with van der Waals surface area (Å²) in [7, 11) is 3.16. The zero-order chi connectivity index (χ0) is 19.5. The number of nitrogen functional groups attached to an aromatic ring is 1. The Morgan fingerprint density at radius 3 is 2.75 bits per heavy atom. The van der Waals surface area contributed by atoms with Crippen LogP contribution in [0.4, 0.5) is 0 Å². The Balaban J connectivity index is 1.50. The fourth-order valence-electron chi connectivity index (χ4n) is 2.50. The van der Waals surface area contributed by atoms with Crippen LogP contribution in [0.5, 0.6) is 11.5 Å². The zero-order valence-corrected chi connectivity index (χ0v) is 16.7. The molecule has 0 amide bonds. The molecule has 144 valence electrons. The number of thioether (sulfide) groups is 1. The molecule has 0 aliphatic carbocycles. The van der Waals surface area contributed by atoms with Gasteiger partial charge in [0.1, 0.15) is 0 Å². The Morgan fingerprint density at radius 2 is 2.00 bits per heavy atom. The van der Waals surface area contributed by atoms with Crippen LogP contribution < -0.4 is 15.3 Å². The van der Waals surface area contributed by atoms with Gasteiger partial charge in [0.25, 0.3) is 0 Å². The molecule has 1 aromatic carbocycles. The van der Waals surface area contributed by atoms with Gasteiger partial charge in [-0.1, -0.05) is 16.9 Å². The predicted molar refractivity (Wildman–Crippen MR) is 106 cm³/mol. The van der Waals surface area contributed by atoms with Crippen LogP contribution in [0.1, 0.15) is 5.89 Å². The molecule has 9 nitrogen and oxygen atoms in total. The minimum Gasteiger partial charge on any atom is -0.493 e. The number of rotatable bonds is 7. The van der Waals surface area contributed by atoms with Gasteiger partial charge in [0.15, 0.2) is 17.3 Å². The number of aromatic nitrogens is 5. The second kappa shape index (κ2) is 7.90. The molecule has 0 bridgehead atoms. The van der Waals surface area contributed by atoms with Crippen LogP contribution in [0.2, 0.25) is 0 Å². The lowest BCUT2D eigenvalue weighted by Crippen LogP contribution is -2.11. The summed E-state index contributed by atoms with van der Waals surface area (Å²) in [6.07, 6.45) is 0. The maximum atomic E-state index is 6.18. The third-order valence-corrected chi connectivity index (χ3v) is 5.49. The first-order valence-corrected chi connectivity index (χ1v) is 10.0. The molecule has 2 N–H and O–H groups in total. The highest BCUT2D eigenvalue weighted by atomic mass is 32.2. The van der Waals surface area contributed by atoms with Crippen LogP contribution >= 0.6 is 23.1 Å². The number of nitrogens with two attached hydrogens (primary N) is 1. The van der Waals surface area contributed by atoms with Gasteiger partial charge >= 0.3 is 0 Å². The van der Waals surface area contributed by atoms with Crippen molar-refractivity contribution in [2.75, 3.05) is 20.1 Å². The van der Waals surface area contributed by atoms with E-state index < -0.39 is 0 Å². The van der Waals surface area contributed by atoms with Crippen molar-refractivity contribution >= 4 is 23.1 Å². The van der Waals surface area contributed by atoms with Gasteiger partial charge in [-0.05, 0) is 29.6 Å². The van der Waals surface area contributed by atoms with Crippen LogP contribution in [0.25, 0.3) is 22.8 Å². The third kappa shape index (κ3) is 3.53. The molecule has 0 aliphatic heterocycles. The molecule has 0 aliphatic rings. The highest BCUT2D eigenvalue weighted by molar-refractivity contribution is 7.98. The number of ether oxygens (including phenoxy) is 2. The molecule has 0 radical (unpaired) electrons. The highest BCUT2D eigenvalue weighted by Gasteiger charge is 2.16. The molecule has 0 saturated carbocycles. The van der Waals surface area contributed by atoms with Gasteiger partial charge in [-0.15, -0.1) is 10.2 Å². The van der Waals surface area contributed by atoms with Crippen molar-refractivity contribution in [3.63, 3.8) is 0 Å². The van der Waals surface area contributed by atoms with E-state index in [0.29, 0.717) is 39.9 Å². The lowest BCUT2D eigenvalue weighted by molar-refractivity contribution is 0.355. The second-order valence-corrected chi connectivity index (χ2v) is 7.28. The largest absolute Gasteiger partial charge is 0.493 e. The number of benzene rings is 1. The van der Waals surface area contributed by atoms with E-state index in [0.717, 1.165) is 11.1 Å². The SMILES string of the molecule is COc1ccc(-c2nnc(SCc3nc(-c4ccsc4)no3)n2N)cc1OC. The quantitative estimate of drug-likeness (QED) is 0.358. The van der Waals surface area contributed by atoms with E-state index in [9.17, 15) is 0 Å². The molecule has 4 aromatic rings. The van der Waals surface area contributed by atoms with Gasteiger partial charge in [0.2, 0.25) is 16.9 Å². The number of hydrogen-bond acceptors (Lipinski definition) is 10. The van der Waals surface area contributed by atoms with Crippen LogP contribution in [-0.2, 0) is 5.75 Å². The van der Waals surface area contributed by atoms with E-state index in [1.54, 1.807) is 37.7 Å². The maximum absolute atomic E-state index is 6.18. The molecule has 0 spiro atoms. The van der Waals surface area contributed by atoms with Crippen LogP contribution in [0, 0.1) is 0 Å². The summed E-state index contributed by atoms with van der Waals surface area (Å²) >= 11 is 2.94.